The Balaban J connectivity index is 1.62. The first kappa shape index (κ1) is 17.3. The molecule has 0 saturated heterocycles. The van der Waals surface area contributed by atoms with Crippen LogP contribution < -0.4 is 0 Å². The van der Waals surface area contributed by atoms with Gasteiger partial charge < -0.3 is 14.4 Å². The van der Waals surface area contributed by atoms with E-state index in [4.69, 9.17) is 0 Å². The van der Waals surface area contributed by atoms with E-state index in [1.165, 1.54) is 17.8 Å². The normalized spacial score (nSPS) is 17.3. The molecular weight excluding hydrogens is 330 g/mol. The first-order valence-electron chi connectivity index (χ1n) is 8.16. The molecule has 2 aliphatic heterocycles. The monoisotopic (exact) mass is 350 g/mol. The number of aryl methyl sites for hydroxylation is 1. The number of alkyl halides is 2. The number of carbonyl (C=O) groups is 2. The van der Waals surface area contributed by atoms with E-state index in [9.17, 15) is 18.4 Å². The minimum Gasteiger partial charge on any atom is -0.332 e. The summed E-state index contributed by atoms with van der Waals surface area (Å²) in [4.78, 5) is 31.6. The molecule has 0 saturated carbocycles. The van der Waals surface area contributed by atoms with E-state index in [0.29, 0.717) is 26.2 Å². The summed E-state index contributed by atoms with van der Waals surface area (Å²) in [6.07, 6.45) is 2.82. The van der Waals surface area contributed by atoms with Crippen molar-refractivity contribution < 1.29 is 18.4 Å². The SMILES string of the molecule is CC/C=C/C(=O)N1CC2=C(C1)CN(C(=O)c1cn(C)c(C(F)F)n1)C2. The molecule has 0 aromatic carbocycles. The summed E-state index contributed by atoms with van der Waals surface area (Å²) in [7, 11) is 1.45. The van der Waals surface area contributed by atoms with Gasteiger partial charge >= 0.3 is 0 Å². The van der Waals surface area contributed by atoms with E-state index < -0.39 is 12.2 Å². The Kier molecular flexibility index (Phi) is 4.69. The van der Waals surface area contributed by atoms with Gasteiger partial charge in [0, 0.05) is 39.4 Å². The summed E-state index contributed by atoms with van der Waals surface area (Å²) in [6.45, 7) is 3.81. The van der Waals surface area contributed by atoms with Crippen LogP contribution in [-0.4, -0.2) is 57.3 Å². The maximum Gasteiger partial charge on any atom is 0.295 e. The van der Waals surface area contributed by atoms with Crippen LogP contribution in [0.2, 0.25) is 0 Å². The fraction of sp³-hybridized carbons (Fsp3) is 0.471. The van der Waals surface area contributed by atoms with Crippen molar-refractivity contribution >= 4 is 11.8 Å². The third kappa shape index (κ3) is 3.33. The molecule has 6 nitrogen and oxygen atoms in total. The van der Waals surface area contributed by atoms with Crippen molar-refractivity contribution in [1.82, 2.24) is 19.4 Å². The molecule has 0 atom stereocenters. The van der Waals surface area contributed by atoms with Gasteiger partial charge in [0.2, 0.25) is 5.91 Å². The second-order valence-electron chi connectivity index (χ2n) is 6.27. The summed E-state index contributed by atoms with van der Waals surface area (Å²) in [5.74, 6) is -0.802. The van der Waals surface area contributed by atoms with Crippen molar-refractivity contribution in [3.05, 3.63) is 41.0 Å². The van der Waals surface area contributed by atoms with Crippen LogP contribution in [0.5, 0.6) is 0 Å². The summed E-state index contributed by atoms with van der Waals surface area (Å²) in [5, 5.41) is 0. The van der Waals surface area contributed by atoms with Crippen LogP contribution in [0.1, 0.15) is 36.1 Å². The van der Waals surface area contributed by atoms with E-state index in [1.54, 1.807) is 15.9 Å². The molecule has 0 aliphatic carbocycles. The second kappa shape index (κ2) is 6.78. The molecule has 8 heteroatoms. The van der Waals surface area contributed by atoms with Crippen LogP contribution in [0.4, 0.5) is 8.78 Å². The minimum atomic E-state index is -2.72. The first-order valence-corrected chi connectivity index (χ1v) is 8.16. The number of allylic oxidation sites excluding steroid dienone is 1. The summed E-state index contributed by atoms with van der Waals surface area (Å²) >= 11 is 0. The van der Waals surface area contributed by atoms with E-state index in [1.807, 2.05) is 13.0 Å². The quantitative estimate of drug-likeness (QED) is 0.616. The maximum atomic E-state index is 12.8. The Labute approximate surface area is 144 Å². The highest BCUT2D eigenvalue weighted by Gasteiger charge is 2.34. The summed E-state index contributed by atoms with van der Waals surface area (Å²) in [5.41, 5.74) is 2.13. The van der Waals surface area contributed by atoms with Crippen LogP contribution in [0, 0.1) is 0 Å². The average Bonchev–Trinajstić information content (AvgIpc) is 3.23. The third-order valence-corrected chi connectivity index (χ3v) is 4.45. The Hall–Kier alpha value is -2.51. The maximum absolute atomic E-state index is 12.8. The number of halogens is 2. The third-order valence-electron chi connectivity index (χ3n) is 4.45. The van der Waals surface area contributed by atoms with Gasteiger partial charge in [-0.2, -0.15) is 0 Å². The lowest BCUT2D eigenvalue weighted by atomic mass is 10.2. The zero-order chi connectivity index (χ0) is 18.1. The van der Waals surface area contributed by atoms with Crippen molar-refractivity contribution in [2.24, 2.45) is 7.05 Å². The molecule has 134 valence electrons. The predicted molar refractivity (Wildman–Crippen MR) is 87.1 cm³/mol. The standard InChI is InChI=1S/C17H20F2N4O2/c1-3-4-5-14(24)22-6-11-8-23(9-12(11)7-22)17(25)13-10-21(2)16(20-13)15(18)19/h4-5,10,15H,3,6-9H2,1-2H3/b5-4+. The first-order chi connectivity index (χ1) is 11.9. The van der Waals surface area contributed by atoms with Crippen molar-refractivity contribution in [3.8, 4) is 0 Å². The van der Waals surface area contributed by atoms with E-state index in [0.717, 1.165) is 17.6 Å². The second-order valence-corrected chi connectivity index (χ2v) is 6.27. The number of hydrogen-bond donors (Lipinski definition) is 0. The molecular formula is C17H20F2N4O2. The molecule has 3 rings (SSSR count). The van der Waals surface area contributed by atoms with Crippen molar-refractivity contribution in [1.29, 1.82) is 0 Å². The average molecular weight is 350 g/mol. The van der Waals surface area contributed by atoms with Crippen LogP contribution >= 0.6 is 0 Å². The highest BCUT2D eigenvalue weighted by atomic mass is 19.3. The van der Waals surface area contributed by atoms with Gasteiger partial charge in [-0.15, -0.1) is 0 Å². The molecule has 1 aromatic heterocycles. The van der Waals surface area contributed by atoms with Crippen LogP contribution in [0.15, 0.2) is 29.5 Å². The highest BCUT2D eigenvalue weighted by molar-refractivity contribution is 5.93. The van der Waals surface area contributed by atoms with E-state index in [2.05, 4.69) is 4.98 Å². The lowest BCUT2D eigenvalue weighted by Gasteiger charge is -2.21. The molecule has 0 spiro atoms. The number of amides is 2. The van der Waals surface area contributed by atoms with Crippen molar-refractivity contribution in [2.75, 3.05) is 26.2 Å². The number of aromatic nitrogens is 2. The molecule has 0 fully saturated rings. The number of nitrogens with zero attached hydrogens (tertiary/aromatic N) is 4. The van der Waals surface area contributed by atoms with Crippen LogP contribution in [0.3, 0.4) is 0 Å². The predicted octanol–water partition coefficient (Wildman–Crippen LogP) is 1.92. The van der Waals surface area contributed by atoms with Gasteiger partial charge in [-0.05, 0) is 23.6 Å². The van der Waals surface area contributed by atoms with Crippen molar-refractivity contribution in [3.63, 3.8) is 0 Å². The van der Waals surface area contributed by atoms with Gasteiger partial charge in [0.05, 0.1) is 0 Å². The number of imidazole rings is 1. The van der Waals surface area contributed by atoms with Crippen molar-refractivity contribution in [2.45, 2.75) is 19.8 Å². The molecule has 0 radical (unpaired) electrons. The van der Waals surface area contributed by atoms with E-state index in [-0.39, 0.29) is 17.5 Å². The summed E-state index contributed by atoms with van der Waals surface area (Å²) < 4.78 is 26.8. The van der Waals surface area contributed by atoms with Gasteiger partial charge in [-0.3, -0.25) is 9.59 Å². The lowest BCUT2D eigenvalue weighted by Crippen LogP contribution is -2.36. The van der Waals surface area contributed by atoms with Gasteiger partial charge in [-0.25, -0.2) is 13.8 Å². The highest BCUT2D eigenvalue weighted by Crippen LogP contribution is 2.27. The Bertz CT molecular complexity index is 749. The van der Waals surface area contributed by atoms with Gasteiger partial charge in [0.1, 0.15) is 5.69 Å². The molecule has 25 heavy (non-hydrogen) atoms. The molecule has 2 aliphatic rings. The van der Waals surface area contributed by atoms with Crippen LogP contribution in [0.25, 0.3) is 0 Å². The Morgan fingerprint density at radius 2 is 1.80 bits per heavy atom. The van der Waals surface area contributed by atoms with E-state index >= 15 is 0 Å². The zero-order valence-corrected chi connectivity index (χ0v) is 14.2. The smallest absolute Gasteiger partial charge is 0.295 e. The van der Waals surface area contributed by atoms with Crippen LogP contribution in [-0.2, 0) is 11.8 Å². The fourth-order valence-corrected chi connectivity index (χ4v) is 3.15. The Morgan fingerprint density at radius 1 is 1.20 bits per heavy atom. The molecule has 0 N–H and O–H groups in total. The van der Waals surface area contributed by atoms with Gasteiger partial charge in [-0.1, -0.05) is 13.0 Å². The largest absolute Gasteiger partial charge is 0.332 e. The Morgan fingerprint density at radius 3 is 2.32 bits per heavy atom. The molecule has 0 unspecified atom stereocenters. The molecule has 1 aromatic rings. The van der Waals surface area contributed by atoms with Gasteiger partial charge in [0.25, 0.3) is 12.3 Å². The summed E-state index contributed by atoms with van der Waals surface area (Å²) in [6, 6.07) is 0. The number of rotatable bonds is 4. The molecule has 0 bridgehead atoms. The molecule has 2 amide bonds. The number of carbonyl (C=O) groups excluding carboxylic acids is 2. The minimum absolute atomic E-state index is 0.0257. The topological polar surface area (TPSA) is 58.4 Å². The number of hydrogen-bond acceptors (Lipinski definition) is 3. The van der Waals surface area contributed by atoms with Gasteiger partial charge in [0.15, 0.2) is 5.82 Å². The molecule has 3 heterocycles. The lowest BCUT2D eigenvalue weighted by molar-refractivity contribution is -0.124. The fourth-order valence-electron chi connectivity index (χ4n) is 3.15. The zero-order valence-electron chi connectivity index (χ0n) is 14.2.